The van der Waals surface area contributed by atoms with Crippen LogP contribution in [0.25, 0.3) is 0 Å². The molecular weight excluding hydrogens is 1420 g/mol. The van der Waals surface area contributed by atoms with E-state index in [0.29, 0.717) is 54.6 Å². The molecule has 13 N–H and O–H groups in total. The van der Waals surface area contributed by atoms with Crippen molar-refractivity contribution in [3.63, 3.8) is 0 Å². The Morgan fingerprint density at radius 3 is 1.73 bits per heavy atom. The fourth-order valence-electron chi connectivity index (χ4n) is 17.3. The SMILES string of the molecule is CC(C)CCC[C@@H](C)[C@H]1CC[C@H]2[C@@H]3CC=C4C[C@@H](OC(=O)NCCCC[C@H](NC(=O)OC(C)(C)C)C(=O)NC[C@H]5O[C@@H](O[C@@H]6[C@H](O)[C@@H](O[C@@H]7O[C@H](CO)[C@@H](O)[C@H](NC(=O)OCC[Si](C)(C)C)[C@H]7O)[C@H](NC(=O)OCC[Si](C)(C)C)C[C@@H]6NC(=O)OCC[Si](C)(C)C)[C@H](O)[C@@H](O)[C@@H]5O)CC[C@]4(C)[C@H]3CC[C@]12C. The van der Waals surface area contributed by atoms with Gasteiger partial charge in [0.15, 0.2) is 12.6 Å². The minimum atomic E-state index is -2.08. The number of carbonyl (C=O) groups is 6. The molecule has 0 spiro atoms. The summed E-state index contributed by atoms with van der Waals surface area (Å²) in [7, 11) is -5.16. The van der Waals surface area contributed by atoms with E-state index >= 15 is 0 Å². The molecule has 24 atom stereocenters. The molecule has 0 aromatic rings. The maximum atomic E-state index is 14.3. The first-order valence-electron chi connectivity index (χ1n) is 39.4. The molecule has 4 saturated carbocycles. The van der Waals surface area contributed by atoms with Crippen molar-refractivity contribution in [1.82, 2.24) is 31.9 Å². The molecule has 31 heteroatoms. The lowest BCUT2D eigenvalue weighted by atomic mass is 9.47. The standard InChI is InChI=1S/C75H136N6O22Si3/c1-43(2)21-20-22-44(3)48-26-27-49-47-25-24-45-39-46(28-30-74(45,7)50(47)29-31-75(48,49)8)98-68(90)76-32-19-18-23-51(78-72(94)103-73(4,5)6)65(89)77-41-54-58(84)60(86)61(87)67(99-54)102-64-53(80-70(92)96-34-37-105(12,13)14)40-52(79-69(91)95-33-36-104(9,10)11)63(62(64)88)101-66-59(85)56(57(83)55(42-82)100-66)81-71(93)97-35-38-106(15,16)17/h24,43-44,46-64,66-67,82-88H,18-23,25-42H2,1-17H3,(H,76,90)(H,77,89)(H,78,94)(H,79,91)(H,80,92)(H,81,93)/t44-,46+,47+,48-,49+,50+,51+,52-,53+,54-,55-,56+,57-,58-,59-,60+,61-,62-,63+,64+,66+,67+,74+,75-/m1/s1. The van der Waals surface area contributed by atoms with Gasteiger partial charge < -0.3 is 110 Å². The van der Waals surface area contributed by atoms with Crippen LogP contribution < -0.4 is 31.9 Å². The highest BCUT2D eigenvalue weighted by Crippen LogP contribution is 2.67. The van der Waals surface area contributed by atoms with E-state index in [1.807, 2.05) is 0 Å². The number of nitrogens with one attached hydrogen (secondary N) is 6. The summed E-state index contributed by atoms with van der Waals surface area (Å²) >= 11 is 0. The van der Waals surface area contributed by atoms with Gasteiger partial charge in [-0.2, -0.15) is 0 Å². The first-order chi connectivity index (χ1) is 49.4. The van der Waals surface area contributed by atoms with Crippen LogP contribution in [0.15, 0.2) is 11.6 Å². The van der Waals surface area contributed by atoms with E-state index in [4.69, 9.17) is 42.6 Å². The van der Waals surface area contributed by atoms with E-state index in [2.05, 4.69) is 132 Å². The molecule has 0 aromatic carbocycles. The summed E-state index contributed by atoms with van der Waals surface area (Å²) in [5.74, 6) is 3.58. The third-order valence-electron chi connectivity index (χ3n) is 23.5. The van der Waals surface area contributed by atoms with Gasteiger partial charge in [0.25, 0.3) is 0 Å². The number of rotatable bonds is 32. The molecule has 5 aliphatic carbocycles. The molecule has 0 radical (unpaired) electrons. The molecule has 2 aliphatic heterocycles. The van der Waals surface area contributed by atoms with Gasteiger partial charge in [-0.25, -0.2) is 24.0 Å². The van der Waals surface area contributed by atoms with Gasteiger partial charge in [0.1, 0.15) is 78.8 Å². The summed E-state index contributed by atoms with van der Waals surface area (Å²) in [5, 5.41) is 96.9. The van der Waals surface area contributed by atoms with Gasteiger partial charge >= 0.3 is 30.5 Å². The van der Waals surface area contributed by atoms with Gasteiger partial charge in [0.2, 0.25) is 5.91 Å². The monoisotopic (exact) mass is 1560 g/mol. The summed E-state index contributed by atoms with van der Waals surface area (Å²) < 4.78 is 53.0. The number of unbranched alkanes of at least 4 members (excludes halogenated alkanes) is 1. The molecule has 7 rings (SSSR count). The van der Waals surface area contributed by atoms with Crippen LogP contribution in [0.5, 0.6) is 0 Å². The highest BCUT2D eigenvalue weighted by Gasteiger charge is 2.60. The Hall–Kier alpha value is -4.23. The third kappa shape index (κ3) is 25.1. The van der Waals surface area contributed by atoms with Gasteiger partial charge in [0, 0.05) is 43.7 Å². The van der Waals surface area contributed by atoms with Crippen LogP contribution in [0, 0.1) is 46.3 Å². The van der Waals surface area contributed by atoms with E-state index in [9.17, 15) is 64.5 Å². The largest absolute Gasteiger partial charge is 0.450 e. The second-order valence-electron chi connectivity index (χ2n) is 37.1. The first-order valence-corrected chi connectivity index (χ1v) is 50.5. The van der Waals surface area contributed by atoms with Crippen LogP contribution in [0.2, 0.25) is 77.1 Å². The molecule has 0 bridgehead atoms. The minimum Gasteiger partial charge on any atom is -0.450 e. The number of hydrogen-bond donors (Lipinski definition) is 13. The molecule has 6 fully saturated rings. The van der Waals surface area contributed by atoms with Crippen molar-refractivity contribution < 1.29 is 107 Å². The Balaban J connectivity index is 1.01. The van der Waals surface area contributed by atoms with Gasteiger partial charge in [-0.15, -0.1) is 0 Å². The smallest absolute Gasteiger partial charge is 0.408 e. The van der Waals surface area contributed by atoms with Crippen LogP contribution in [-0.4, -0.2) is 245 Å². The molecule has 106 heavy (non-hydrogen) atoms. The van der Waals surface area contributed by atoms with E-state index in [1.54, 1.807) is 20.8 Å². The molecule has 6 amide bonds. The van der Waals surface area contributed by atoms with Crippen molar-refractivity contribution in [3.8, 4) is 0 Å². The molecular formula is C75H136N6O22Si3. The first kappa shape index (κ1) is 89.0. The number of allylic oxidation sites excluding steroid dienone is 1. The second kappa shape index (κ2) is 38.3. The van der Waals surface area contributed by atoms with E-state index in [1.165, 1.54) is 50.5 Å². The van der Waals surface area contributed by atoms with Crippen LogP contribution >= 0.6 is 0 Å². The van der Waals surface area contributed by atoms with Crippen molar-refractivity contribution in [2.45, 2.75) is 338 Å². The quantitative estimate of drug-likeness (QED) is 0.0130. The summed E-state index contributed by atoms with van der Waals surface area (Å²) in [6.07, 6.45) is -11.2. The number of amides is 6. The lowest BCUT2D eigenvalue weighted by molar-refractivity contribution is -0.334. The maximum Gasteiger partial charge on any atom is 0.408 e. The molecule has 0 unspecified atom stereocenters. The number of alkyl carbamates (subject to hydrolysis) is 5. The maximum absolute atomic E-state index is 14.3. The number of fused-ring (bicyclic) bond motifs is 5. The predicted octanol–water partition coefficient (Wildman–Crippen LogP) is 8.38. The lowest BCUT2D eigenvalue weighted by Crippen LogP contribution is -2.70. The molecule has 2 heterocycles. The summed E-state index contributed by atoms with van der Waals surface area (Å²) in [5.41, 5.74) is 0.957. The Kier molecular flexibility index (Phi) is 32.2. The fourth-order valence-corrected chi connectivity index (χ4v) is 19.4. The van der Waals surface area contributed by atoms with Crippen molar-refractivity contribution >= 4 is 60.6 Å². The van der Waals surface area contributed by atoms with E-state index < -0.39 is 177 Å². The average Bonchev–Trinajstić information content (AvgIpc) is 1.40. The number of hydrogen-bond acceptors (Lipinski definition) is 22. The van der Waals surface area contributed by atoms with Crippen molar-refractivity contribution in [3.05, 3.63) is 11.6 Å². The zero-order chi connectivity index (χ0) is 78.6. The van der Waals surface area contributed by atoms with E-state index in [0.717, 1.165) is 42.9 Å². The lowest BCUT2D eigenvalue weighted by Gasteiger charge is -2.58. The third-order valence-corrected chi connectivity index (χ3v) is 28.6. The number of carbonyl (C=O) groups excluding carboxylic acids is 6. The molecule has 2 saturated heterocycles. The summed E-state index contributed by atoms with van der Waals surface area (Å²) in [6.45, 7) is 34.8. The zero-order valence-corrected chi connectivity index (χ0v) is 69.6. The van der Waals surface area contributed by atoms with Crippen LogP contribution in [0.4, 0.5) is 24.0 Å². The summed E-state index contributed by atoms with van der Waals surface area (Å²) in [6, 6.07) is -3.83. The summed E-state index contributed by atoms with van der Waals surface area (Å²) in [4.78, 5) is 81.7. The highest BCUT2D eigenvalue weighted by atomic mass is 28.3. The minimum absolute atomic E-state index is 0.0112. The van der Waals surface area contributed by atoms with Crippen molar-refractivity contribution in [2.75, 3.05) is 39.5 Å². The van der Waals surface area contributed by atoms with Gasteiger partial charge in [0.05, 0.1) is 44.6 Å². The topological polar surface area (TPSA) is 399 Å². The predicted molar refractivity (Wildman–Crippen MR) is 405 cm³/mol. The van der Waals surface area contributed by atoms with E-state index in [-0.39, 0.29) is 50.7 Å². The van der Waals surface area contributed by atoms with Gasteiger partial charge in [-0.1, -0.05) is 124 Å². The normalized spacial score (nSPS) is 34.6. The highest BCUT2D eigenvalue weighted by molar-refractivity contribution is 6.76. The number of aliphatic hydroxyl groups excluding tert-OH is 7. The van der Waals surface area contributed by atoms with Crippen molar-refractivity contribution in [2.24, 2.45) is 46.3 Å². The second-order valence-corrected chi connectivity index (χ2v) is 54.0. The fraction of sp³-hybridized carbons (Fsp3) is 0.893. The Morgan fingerprint density at radius 2 is 1.17 bits per heavy atom. The van der Waals surface area contributed by atoms with Gasteiger partial charge in [-0.3, -0.25) is 4.79 Å². The molecule has 610 valence electrons. The molecule has 0 aromatic heterocycles. The number of aliphatic hydroxyl groups is 7. The van der Waals surface area contributed by atoms with Crippen molar-refractivity contribution in [1.29, 1.82) is 0 Å². The Labute approximate surface area is 632 Å². The van der Waals surface area contributed by atoms with Crippen LogP contribution in [0.1, 0.15) is 152 Å². The zero-order valence-electron chi connectivity index (χ0n) is 66.6. The Bertz CT molecular complexity index is 2900. The number of ether oxygens (including phenoxy) is 9. The van der Waals surface area contributed by atoms with Gasteiger partial charge in [-0.05, 0) is 156 Å². The average molecular weight is 1560 g/mol. The Morgan fingerprint density at radius 1 is 0.604 bits per heavy atom. The molecule has 7 aliphatic rings. The molecule has 28 nitrogen and oxygen atoms in total. The van der Waals surface area contributed by atoms with Crippen LogP contribution in [-0.2, 0) is 47.4 Å². The van der Waals surface area contributed by atoms with Crippen LogP contribution in [0.3, 0.4) is 0 Å².